The molecule has 0 unspecified atom stereocenters. The van der Waals surface area contributed by atoms with Crippen LogP contribution in [0.4, 0.5) is 4.39 Å². The van der Waals surface area contributed by atoms with Gasteiger partial charge in [-0.05, 0) is 33.4 Å². The molecule has 76 valence electrons. The molecule has 1 aliphatic heterocycles. The van der Waals surface area contributed by atoms with E-state index in [4.69, 9.17) is 4.74 Å². The van der Waals surface area contributed by atoms with E-state index in [2.05, 4.69) is 0 Å². The maximum atomic E-state index is 13.0. The van der Waals surface area contributed by atoms with E-state index >= 15 is 0 Å². The molecule has 0 N–H and O–H groups in total. The maximum Gasteiger partial charge on any atom is 0.116 e. The van der Waals surface area contributed by atoms with Gasteiger partial charge in [-0.1, -0.05) is 6.92 Å². The van der Waals surface area contributed by atoms with Gasteiger partial charge < -0.3 is 4.74 Å². The summed E-state index contributed by atoms with van der Waals surface area (Å²) in [7, 11) is 1.96. The van der Waals surface area contributed by atoms with Crippen molar-refractivity contribution in [3.63, 3.8) is 0 Å². The number of hydrogen-bond acceptors (Lipinski definition) is 2. The monoisotopic (exact) mass is 187 g/mol. The summed E-state index contributed by atoms with van der Waals surface area (Å²) < 4.78 is 18.5. The third kappa shape index (κ3) is 2.29. The molecule has 1 heterocycles. The van der Waals surface area contributed by atoms with Crippen molar-refractivity contribution < 1.29 is 9.13 Å². The van der Waals surface area contributed by atoms with Crippen LogP contribution in [0.15, 0.2) is 11.9 Å². The van der Waals surface area contributed by atoms with Crippen molar-refractivity contribution in [1.82, 2.24) is 4.90 Å². The standard InChI is InChI=1S/C10H18FNO/c1-5-8(11)6-9-7-13-10(2,3)12(9)4/h6,9H,5,7H2,1-4H3/b8-6-/t9-/m0/s1. The van der Waals surface area contributed by atoms with E-state index in [0.29, 0.717) is 13.0 Å². The molecule has 0 aromatic carbocycles. The molecule has 0 aromatic heterocycles. The second kappa shape index (κ2) is 3.76. The van der Waals surface area contributed by atoms with Crippen molar-refractivity contribution in [3.05, 3.63) is 11.9 Å². The fraction of sp³-hybridized carbons (Fsp3) is 0.800. The predicted octanol–water partition coefficient (Wildman–Crippen LogP) is 2.32. The van der Waals surface area contributed by atoms with E-state index in [-0.39, 0.29) is 17.6 Å². The van der Waals surface area contributed by atoms with Gasteiger partial charge in [0.15, 0.2) is 0 Å². The lowest BCUT2D eigenvalue weighted by atomic mass is 10.2. The van der Waals surface area contributed by atoms with Crippen LogP contribution < -0.4 is 0 Å². The lowest BCUT2D eigenvalue weighted by Gasteiger charge is -2.28. The van der Waals surface area contributed by atoms with Crippen molar-refractivity contribution in [3.8, 4) is 0 Å². The molecule has 0 saturated carbocycles. The highest BCUT2D eigenvalue weighted by Crippen LogP contribution is 2.26. The van der Waals surface area contributed by atoms with Crippen molar-refractivity contribution >= 4 is 0 Å². The molecule has 1 atom stereocenters. The van der Waals surface area contributed by atoms with E-state index in [1.54, 1.807) is 6.08 Å². The van der Waals surface area contributed by atoms with Gasteiger partial charge in [-0.2, -0.15) is 0 Å². The second-order valence-corrected chi connectivity index (χ2v) is 3.90. The minimum absolute atomic E-state index is 0.0573. The first-order valence-electron chi connectivity index (χ1n) is 4.70. The molecular weight excluding hydrogens is 169 g/mol. The Morgan fingerprint density at radius 1 is 1.69 bits per heavy atom. The van der Waals surface area contributed by atoms with Crippen LogP contribution in [0.3, 0.4) is 0 Å². The first-order chi connectivity index (χ1) is 5.97. The van der Waals surface area contributed by atoms with E-state index in [1.165, 1.54) is 0 Å². The third-order valence-electron chi connectivity index (χ3n) is 2.67. The molecule has 3 heteroatoms. The smallest absolute Gasteiger partial charge is 0.116 e. The van der Waals surface area contributed by atoms with Crippen LogP contribution in [0.2, 0.25) is 0 Å². The highest BCUT2D eigenvalue weighted by molar-refractivity contribution is 5.03. The normalized spacial score (nSPS) is 29.6. The summed E-state index contributed by atoms with van der Waals surface area (Å²) in [6, 6.07) is 0.0787. The summed E-state index contributed by atoms with van der Waals surface area (Å²) in [5.74, 6) is -0.0573. The van der Waals surface area contributed by atoms with Crippen molar-refractivity contribution in [2.24, 2.45) is 0 Å². The van der Waals surface area contributed by atoms with Gasteiger partial charge in [0.2, 0.25) is 0 Å². The summed E-state index contributed by atoms with van der Waals surface area (Å²) in [5.41, 5.74) is -0.269. The van der Waals surface area contributed by atoms with E-state index < -0.39 is 0 Å². The lowest BCUT2D eigenvalue weighted by molar-refractivity contribution is -0.0402. The van der Waals surface area contributed by atoms with Crippen LogP contribution in [0.25, 0.3) is 0 Å². The average molecular weight is 187 g/mol. The summed E-state index contributed by atoms with van der Waals surface area (Å²) in [4.78, 5) is 2.04. The SMILES string of the molecule is CC/C(F)=C/[C@H]1COC(C)(C)N1C. The fourth-order valence-corrected chi connectivity index (χ4v) is 1.39. The molecule has 0 bridgehead atoms. The van der Waals surface area contributed by atoms with Crippen LogP contribution in [-0.2, 0) is 4.74 Å². The summed E-state index contributed by atoms with van der Waals surface area (Å²) >= 11 is 0. The Labute approximate surface area is 79.4 Å². The van der Waals surface area contributed by atoms with Crippen LogP contribution in [-0.4, -0.2) is 30.3 Å². The Hall–Kier alpha value is -0.410. The highest BCUT2D eigenvalue weighted by Gasteiger charge is 2.36. The van der Waals surface area contributed by atoms with Gasteiger partial charge in [0, 0.05) is 0 Å². The van der Waals surface area contributed by atoms with Crippen LogP contribution in [0.5, 0.6) is 0 Å². The molecule has 1 rings (SSSR count). The zero-order chi connectivity index (χ0) is 10.1. The summed E-state index contributed by atoms with van der Waals surface area (Å²) in [6.07, 6.45) is 2.11. The minimum Gasteiger partial charge on any atom is -0.359 e. The molecule has 1 fully saturated rings. The van der Waals surface area contributed by atoms with Gasteiger partial charge in [-0.3, -0.25) is 4.90 Å². The maximum absolute atomic E-state index is 13.0. The minimum atomic E-state index is -0.269. The zero-order valence-electron chi connectivity index (χ0n) is 8.80. The molecule has 0 spiro atoms. The highest BCUT2D eigenvalue weighted by atomic mass is 19.1. The Bertz CT molecular complexity index is 213. The van der Waals surface area contributed by atoms with Gasteiger partial charge in [-0.25, -0.2) is 4.39 Å². The number of nitrogens with zero attached hydrogens (tertiary/aromatic N) is 1. The Morgan fingerprint density at radius 2 is 2.31 bits per heavy atom. The Kier molecular flexibility index (Phi) is 3.09. The van der Waals surface area contributed by atoms with Crippen molar-refractivity contribution in [1.29, 1.82) is 0 Å². The largest absolute Gasteiger partial charge is 0.359 e. The molecule has 1 aliphatic rings. The molecule has 0 amide bonds. The number of rotatable bonds is 2. The van der Waals surface area contributed by atoms with Gasteiger partial charge in [0.1, 0.15) is 5.72 Å². The number of likely N-dealkylation sites (N-methyl/N-ethyl adjacent to an activating group) is 1. The van der Waals surface area contributed by atoms with Crippen LogP contribution in [0.1, 0.15) is 27.2 Å². The first kappa shape index (κ1) is 10.7. The topological polar surface area (TPSA) is 12.5 Å². The van der Waals surface area contributed by atoms with Gasteiger partial charge in [-0.15, -0.1) is 0 Å². The van der Waals surface area contributed by atoms with E-state index in [1.807, 2.05) is 32.7 Å². The van der Waals surface area contributed by atoms with Crippen molar-refractivity contribution in [2.45, 2.75) is 39.0 Å². The predicted molar refractivity (Wildman–Crippen MR) is 51.1 cm³/mol. The zero-order valence-corrected chi connectivity index (χ0v) is 8.80. The van der Waals surface area contributed by atoms with Gasteiger partial charge in [0.05, 0.1) is 18.5 Å². The Balaban J connectivity index is 2.66. The average Bonchev–Trinajstić information content (AvgIpc) is 2.32. The van der Waals surface area contributed by atoms with E-state index in [9.17, 15) is 4.39 Å². The summed E-state index contributed by atoms with van der Waals surface area (Å²) in [5, 5.41) is 0. The van der Waals surface area contributed by atoms with Gasteiger partial charge in [0.25, 0.3) is 0 Å². The van der Waals surface area contributed by atoms with Crippen molar-refractivity contribution in [2.75, 3.05) is 13.7 Å². The number of ether oxygens (including phenoxy) is 1. The molecule has 0 aliphatic carbocycles. The molecule has 1 saturated heterocycles. The molecule has 0 radical (unpaired) electrons. The number of allylic oxidation sites excluding steroid dienone is 1. The number of halogens is 1. The second-order valence-electron chi connectivity index (χ2n) is 3.90. The molecular formula is C10H18FNO. The quantitative estimate of drug-likeness (QED) is 0.657. The lowest BCUT2D eigenvalue weighted by Crippen LogP contribution is -2.39. The first-order valence-corrected chi connectivity index (χ1v) is 4.70. The summed E-state index contributed by atoms with van der Waals surface area (Å²) in [6.45, 7) is 6.37. The Morgan fingerprint density at radius 3 is 2.69 bits per heavy atom. The number of hydrogen-bond donors (Lipinski definition) is 0. The fourth-order valence-electron chi connectivity index (χ4n) is 1.39. The third-order valence-corrected chi connectivity index (χ3v) is 2.67. The van der Waals surface area contributed by atoms with E-state index in [0.717, 1.165) is 0 Å². The molecule has 2 nitrogen and oxygen atoms in total. The molecule has 13 heavy (non-hydrogen) atoms. The molecule has 0 aromatic rings. The van der Waals surface area contributed by atoms with Gasteiger partial charge >= 0.3 is 0 Å². The van der Waals surface area contributed by atoms with Crippen LogP contribution in [0, 0.1) is 0 Å². The van der Waals surface area contributed by atoms with Crippen LogP contribution >= 0.6 is 0 Å².